The molecular weight excluding hydrogens is 426 g/mol. The highest BCUT2D eigenvalue weighted by Crippen LogP contribution is 2.28. The van der Waals surface area contributed by atoms with Crippen molar-refractivity contribution in [2.24, 2.45) is 0 Å². The van der Waals surface area contributed by atoms with Gasteiger partial charge in [0.15, 0.2) is 11.6 Å². The molecule has 1 aromatic carbocycles. The average molecular weight is 449 g/mol. The van der Waals surface area contributed by atoms with Crippen molar-refractivity contribution in [1.82, 2.24) is 24.9 Å². The highest BCUT2D eigenvalue weighted by atomic mass is 19.3. The minimum Gasteiger partial charge on any atom is -0.336 e. The van der Waals surface area contributed by atoms with E-state index in [0.717, 1.165) is 10.9 Å². The smallest absolute Gasteiger partial charge is 0.289 e. The van der Waals surface area contributed by atoms with Gasteiger partial charge >= 0.3 is 0 Å². The molecule has 6 nitrogen and oxygen atoms in total. The first-order valence-corrected chi connectivity index (χ1v) is 10.1. The summed E-state index contributed by atoms with van der Waals surface area (Å²) >= 11 is 0. The SMILES string of the molecule is CCN(C(=O)c1cccc(F)c1-n1nccn1)[C@@H](C)CCc1ccc(F)c(C(C)(F)F)n1. The number of halogens is 4. The van der Waals surface area contributed by atoms with Gasteiger partial charge in [0, 0.05) is 25.2 Å². The standard InChI is InChI=1S/C22H23F4N5O/c1-4-30(14(2)8-9-15-10-11-18(24)20(29-15)22(3,25)26)21(32)16-6-5-7-17(23)19(16)31-27-12-13-28-31/h5-7,10-14H,4,8-9H2,1-3H3/t14-/m0/s1. The third-order valence-corrected chi connectivity index (χ3v) is 5.11. The van der Waals surface area contributed by atoms with Crippen LogP contribution in [0.5, 0.6) is 0 Å². The summed E-state index contributed by atoms with van der Waals surface area (Å²) in [6, 6.07) is 6.14. The zero-order valence-electron chi connectivity index (χ0n) is 17.9. The Balaban J connectivity index is 1.80. The molecule has 3 rings (SSSR count). The van der Waals surface area contributed by atoms with E-state index < -0.39 is 29.2 Å². The van der Waals surface area contributed by atoms with Crippen LogP contribution in [0.4, 0.5) is 17.6 Å². The topological polar surface area (TPSA) is 63.9 Å². The minimum atomic E-state index is -3.40. The molecule has 2 aromatic heterocycles. The van der Waals surface area contributed by atoms with Crippen LogP contribution in [0.1, 0.15) is 48.9 Å². The molecule has 32 heavy (non-hydrogen) atoms. The van der Waals surface area contributed by atoms with E-state index in [9.17, 15) is 22.4 Å². The second-order valence-corrected chi connectivity index (χ2v) is 7.45. The Morgan fingerprint density at radius 3 is 2.44 bits per heavy atom. The molecule has 0 unspecified atom stereocenters. The number of aryl methyl sites for hydroxylation is 1. The molecule has 10 heteroatoms. The van der Waals surface area contributed by atoms with E-state index >= 15 is 0 Å². The molecule has 0 radical (unpaired) electrons. The summed E-state index contributed by atoms with van der Waals surface area (Å²) in [5, 5.41) is 7.85. The van der Waals surface area contributed by atoms with Gasteiger partial charge in [0.2, 0.25) is 0 Å². The molecule has 0 aliphatic rings. The summed E-state index contributed by atoms with van der Waals surface area (Å²) in [4.78, 5) is 19.6. The fourth-order valence-corrected chi connectivity index (χ4v) is 3.47. The maximum Gasteiger partial charge on any atom is 0.289 e. The van der Waals surface area contributed by atoms with Gasteiger partial charge in [-0.1, -0.05) is 6.07 Å². The lowest BCUT2D eigenvalue weighted by atomic mass is 10.1. The van der Waals surface area contributed by atoms with E-state index in [-0.39, 0.29) is 23.7 Å². The van der Waals surface area contributed by atoms with E-state index in [2.05, 4.69) is 15.2 Å². The number of alkyl halides is 2. The van der Waals surface area contributed by atoms with Crippen LogP contribution in [0.2, 0.25) is 0 Å². The van der Waals surface area contributed by atoms with Crippen LogP contribution < -0.4 is 0 Å². The Kier molecular flexibility index (Phi) is 6.90. The van der Waals surface area contributed by atoms with Gasteiger partial charge in [0.25, 0.3) is 11.8 Å². The van der Waals surface area contributed by atoms with Gasteiger partial charge in [-0.25, -0.2) is 13.8 Å². The van der Waals surface area contributed by atoms with Crippen molar-refractivity contribution >= 4 is 5.91 Å². The van der Waals surface area contributed by atoms with E-state index in [1.807, 2.05) is 0 Å². The third kappa shape index (κ3) is 4.95. The Morgan fingerprint density at radius 2 is 1.81 bits per heavy atom. The minimum absolute atomic E-state index is 0.0526. The van der Waals surface area contributed by atoms with Gasteiger partial charge < -0.3 is 4.90 Å². The number of aromatic nitrogens is 4. The van der Waals surface area contributed by atoms with Gasteiger partial charge in [-0.05, 0) is 51.0 Å². The van der Waals surface area contributed by atoms with Crippen molar-refractivity contribution in [3.05, 3.63) is 71.3 Å². The number of amides is 1. The Labute approximate surface area is 182 Å². The number of hydrogen-bond acceptors (Lipinski definition) is 4. The zero-order valence-corrected chi connectivity index (χ0v) is 17.9. The first-order valence-electron chi connectivity index (χ1n) is 10.1. The molecule has 0 aliphatic heterocycles. The van der Waals surface area contributed by atoms with Gasteiger partial charge in [0.1, 0.15) is 11.4 Å². The van der Waals surface area contributed by atoms with Crippen molar-refractivity contribution in [3.63, 3.8) is 0 Å². The number of carbonyl (C=O) groups excluding carboxylic acids is 1. The Hall–Kier alpha value is -3.30. The summed E-state index contributed by atoms with van der Waals surface area (Å²) in [6.07, 6.45) is 3.40. The molecule has 0 fully saturated rings. The largest absolute Gasteiger partial charge is 0.336 e. The molecule has 0 N–H and O–H groups in total. The molecule has 170 valence electrons. The lowest BCUT2D eigenvalue weighted by Crippen LogP contribution is -2.39. The number of carbonyl (C=O) groups is 1. The van der Waals surface area contributed by atoms with E-state index in [4.69, 9.17) is 0 Å². The number of nitrogens with zero attached hydrogens (tertiary/aromatic N) is 5. The summed E-state index contributed by atoms with van der Waals surface area (Å²) < 4.78 is 55.3. The number of rotatable bonds is 8. The maximum atomic E-state index is 14.5. The van der Waals surface area contributed by atoms with Gasteiger partial charge in [-0.15, -0.1) is 4.80 Å². The van der Waals surface area contributed by atoms with Gasteiger partial charge in [-0.3, -0.25) is 4.79 Å². The molecule has 0 aliphatic carbocycles. The average Bonchev–Trinajstić information content (AvgIpc) is 3.27. The fourth-order valence-electron chi connectivity index (χ4n) is 3.47. The maximum absolute atomic E-state index is 14.5. The summed E-state index contributed by atoms with van der Waals surface area (Å²) in [5.41, 5.74) is -0.557. The van der Waals surface area contributed by atoms with Crippen LogP contribution in [-0.4, -0.2) is 43.4 Å². The van der Waals surface area contributed by atoms with Crippen molar-refractivity contribution in [2.75, 3.05) is 6.54 Å². The van der Waals surface area contributed by atoms with Crippen LogP contribution in [0.25, 0.3) is 5.69 Å². The summed E-state index contributed by atoms with van der Waals surface area (Å²) in [5.74, 6) is -5.52. The van der Waals surface area contributed by atoms with Crippen molar-refractivity contribution in [2.45, 2.75) is 45.6 Å². The van der Waals surface area contributed by atoms with E-state index in [1.54, 1.807) is 18.7 Å². The van der Waals surface area contributed by atoms with Crippen molar-refractivity contribution in [1.29, 1.82) is 0 Å². The highest BCUT2D eigenvalue weighted by molar-refractivity contribution is 5.98. The van der Waals surface area contributed by atoms with E-state index in [0.29, 0.717) is 25.6 Å². The first kappa shape index (κ1) is 23.4. The molecule has 0 saturated carbocycles. The molecule has 0 bridgehead atoms. The first-order chi connectivity index (χ1) is 15.1. The molecular formula is C22H23F4N5O. The Morgan fingerprint density at radius 1 is 1.12 bits per heavy atom. The van der Waals surface area contributed by atoms with Crippen LogP contribution in [0.3, 0.4) is 0 Å². The van der Waals surface area contributed by atoms with Crippen LogP contribution in [0, 0.1) is 11.6 Å². The lowest BCUT2D eigenvalue weighted by Gasteiger charge is -2.29. The number of para-hydroxylation sites is 1. The Bertz CT molecular complexity index is 1080. The van der Waals surface area contributed by atoms with Gasteiger partial charge in [-0.2, -0.15) is 19.0 Å². The second kappa shape index (κ2) is 9.46. The molecule has 1 atom stereocenters. The van der Waals surface area contributed by atoms with Crippen molar-refractivity contribution < 1.29 is 22.4 Å². The summed E-state index contributed by atoms with van der Waals surface area (Å²) in [6.45, 7) is 4.50. The predicted molar refractivity (Wildman–Crippen MR) is 110 cm³/mol. The number of benzene rings is 1. The normalized spacial score (nSPS) is 12.6. The van der Waals surface area contributed by atoms with E-state index in [1.165, 1.54) is 36.7 Å². The van der Waals surface area contributed by atoms with Crippen molar-refractivity contribution in [3.8, 4) is 5.69 Å². The number of pyridine rings is 1. The molecule has 0 saturated heterocycles. The quantitative estimate of drug-likeness (QED) is 0.474. The van der Waals surface area contributed by atoms with Crippen LogP contribution in [-0.2, 0) is 12.3 Å². The predicted octanol–water partition coefficient (Wildman–Crippen LogP) is 4.54. The molecule has 0 spiro atoms. The zero-order chi connectivity index (χ0) is 23.5. The summed E-state index contributed by atoms with van der Waals surface area (Å²) in [7, 11) is 0. The molecule has 1 amide bonds. The van der Waals surface area contributed by atoms with Crippen LogP contribution in [0.15, 0.2) is 42.7 Å². The third-order valence-electron chi connectivity index (χ3n) is 5.11. The highest BCUT2D eigenvalue weighted by Gasteiger charge is 2.31. The van der Waals surface area contributed by atoms with Gasteiger partial charge in [0.05, 0.1) is 18.0 Å². The lowest BCUT2D eigenvalue weighted by molar-refractivity contribution is 0.00853. The second-order valence-electron chi connectivity index (χ2n) is 7.45. The molecule has 3 aromatic rings. The monoisotopic (exact) mass is 449 g/mol. The fraction of sp³-hybridized carbons (Fsp3) is 0.364. The van der Waals surface area contributed by atoms with Crippen LogP contribution >= 0.6 is 0 Å². The number of hydrogen-bond donors (Lipinski definition) is 0. The molecule has 2 heterocycles.